The third-order valence-electron chi connectivity index (χ3n) is 5.24. The second-order valence-electron chi connectivity index (χ2n) is 7.61. The summed E-state index contributed by atoms with van der Waals surface area (Å²) in [4.78, 5) is 12.5. The van der Waals surface area contributed by atoms with E-state index in [2.05, 4.69) is 22.4 Å². The molecule has 0 bridgehead atoms. The van der Waals surface area contributed by atoms with Crippen molar-refractivity contribution in [2.75, 3.05) is 20.8 Å². The van der Waals surface area contributed by atoms with Crippen LogP contribution in [0.5, 0.6) is 11.5 Å². The van der Waals surface area contributed by atoms with Crippen molar-refractivity contribution in [3.05, 3.63) is 29.6 Å². The van der Waals surface area contributed by atoms with Crippen molar-refractivity contribution < 1.29 is 14.3 Å². The Morgan fingerprint density at radius 2 is 1.84 bits per heavy atom. The average Bonchev–Trinajstić information content (AvgIpc) is 3.12. The molecule has 1 atom stereocenters. The van der Waals surface area contributed by atoms with Gasteiger partial charge >= 0.3 is 0 Å². The van der Waals surface area contributed by atoms with Crippen LogP contribution in [0.3, 0.4) is 0 Å². The molecule has 0 saturated heterocycles. The predicted molar refractivity (Wildman–Crippen MR) is 125 cm³/mol. The minimum absolute atomic E-state index is 0.00501. The van der Waals surface area contributed by atoms with Crippen molar-refractivity contribution in [1.29, 1.82) is 0 Å². The lowest BCUT2D eigenvalue weighted by Gasteiger charge is -2.13. The summed E-state index contributed by atoms with van der Waals surface area (Å²) in [5, 5.41) is 12.1. The number of hydrogen-bond acceptors (Lipinski definition) is 6. The summed E-state index contributed by atoms with van der Waals surface area (Å²) in [6, 6.07) is 5.80. The highest BCUT2D eigenvalue weighted by Crippen LogP contribution is 2.27. The first-order valence-corrected chi connectivity index (χ1v) is 11.9. The van der Waals surface area contributed by atoms with Crippen LogP contribution in [-0.2, 0) is 24.7 Å². The smallest absolute Gasteiger partial charge is 0.233 e. The van der Waals surface area contributed by atoms with E-state index in [1.807, 2.05) is 36.7 Å². The fraction of sp³-hybridized carbons (Fsp3) is 0.609. The van der Waals surface area contributed by atoms with Gasteiger partial charge in [0, 0.05) is 20.0 Å². The Bertz CT molecular complexity index is 825. The Morgan fingerprint density at radius 3 is 2.55 bits per heavy atom. The van der Waals surface area contributed by atoms with Crippen molar-refractivity contribution in [2.24, 2.45) is 7.05 Å². The molecule has 2 rings (SSSR count). The number of unbranched alkanes of at least 4 members (excludes halogenated alkanes) is 4. The molecule has 0 fully saturated rings. The first kappa shape index (κ1) is 25.0. The van der Waals surface area contributed by atoms with Gasteiger partial charge in [-0.15, -0.1) is 10.2 Å². The van der Waals surface area contributed by atoms with Crippen molar-refractivity contribution in [3.63, 3.8) is 0 Å². The largest absolute Gasteiger partial charge is 0.493 e. The number of rotatable bonds is 14. The van der Waals surface area contributed by atoms with E-state index < -0.39 is 0 Å². The summed E-state index contributed by atoms with van der Waals surface area (Å²) < 4.78 is 12.6. The first-order valence-electron chi connectivity index (χ1n) is 11.0. The van der Waals surface area contributed by atoms with Gasteiger partial charge < -0.3 is 19.4 Å². The van der Waals surface area contributed by atoms with Gasteiger partial charge in [0.2, 0.25) is 5.91 Å². The van der Waals surface area contributed by atoms with E-state index >= 15 is 0 Å². The fourth-order valence-corrected chi connectivity index (χ4v) is 4.13. The Hall–Kier alpha value is -2.22. The second kappa shape index (κ2) is 13.2. The lowest BCUT2D eigenvalue weighted by atomic mass is 10.1. The average molecular weight is 449 g/mol. The SMILES string of the molecule is CCCCCCCc1nnc(S[C@H](C)C(=O)NCCc2ccc(OC)c(OC)c2)n1C. The van der Waals surface area contributed by atoms with E-state index in [9.17, 15) is 4.79 Å². The molecular formula is C23H36N4O3S. The molecule has 0 aliphatic heterocycles. The Kier molecular flexibility index (Phi) is 10.7. The molecule has 1 heterocycles. The predicted octanol–water partition coefficient (Wildman–Crippen LogP) is 4.18. The number of benzene rings is 1. The number of methoxy groups -OCH3 is 2. The summed E-state index contributed by atoms with van der Waals surface area (Å²) in [5.74, 6) is 2.37. The summed E-state index contributed by atoms with van der Waals surface area (Å²) in [6.45, 7) is 4.68. The van der Waals surface area contributed by atoms with Gasteiger partial charge in [-0.05, 0) is 37.5 Å². The maximum Gasteiger partial charge on any atom is 0.233 e. The molecule has 1 N–H and O–H groups in total. The van der Waals surface area contributed by atoms with Crippen LogP contribution >= 0.6 is 11.8 Å². The van der Waals surface area contributed by atoms with E-state index in [1.165, 1.54) is 37.4 Å². The third kappa shape index (κ3) is 7.76. The van der Waals surface area contributed by atoms with Crippen LogP contribution in [0, 0.1) is 0 Å². The summed E-state index contributed by atoms with van der Waals surface area (Å²) in [7, 11) is 5.21. The Balaban J connectivity index is 1.78. The molecule has 31 heavy (non-hydrogen) atoms. The third-order valence-corrected chi connectivity index (χ3v) is 6.38. The number of aryl methyl sites for hydroxylation is 1. The molecule has 0 saturated carbocycles. The van der Waals surface area contributed by atoms with E-state index in [0.29, 0.717) is 18.0 Å². The Morgan fingerprint density at radius 1 is 1.10 bits per heavy atom. The number of carbonyl (C=O) groups is 1. The standard InChI is InChI=1S/C23H36N4O3S/c1-6-7-8-9-10-11-21-25-26-23(27(21)3)31-17(2)22(28)24-15-14-18-12-13-19(29-4)20(16-18)30-5/h12-13,16-17H,6-11,14-15H2,1-5H3,(H,24,28)/t17-/m1/s1. The van der Waals surface area contributed by atoms with Crippen LogP contribution in [0.2, 0.25) is 0 Å². The lowest BCUT2D eigenvalue weighted by molar-refractivity contribution is -0.120. The highest BCUT2D eigenvalue weighted by molar-refractivity contribution is 8.00. The number of nitrogens with zero attached hydrogens (tertiary/aromatic N) is 3. The topological polar surface area (TPSA) is 78.3 Å². The highest BCUT2D eigenvalue weighted by Gasteiger charge is 2.18. The van der Waals surface area contributed by atoms with Gasteiger partial charge in [0.1, 0.15) is 5.82 Å². The number of nitrogens with one attached hydrogen (secondary N) is 1. The molecule has 172 valence electrons. The molecule has 8 heteroatoms. The number of carbonyl (C=O) groups excluding carboxylic acids is 1. The quantitative estimate of drug-likeness (QED) is 0.345. The maximum atomic E-state index is 12.5. The van der Waals surface area contributed by atoms with Gasteiger partial charge in [-0.1, -0.05) is 50.4 Å². The molecule has 1 aromatic carbocycles. The minimum atomic E-state index is -0.245. The molecule has 0 unspecified atom stereocenters. The van der Waals surface area contributed by atoms with Crippen LogP contribution in [-0.4, -0.2) is 46.7 Å². The van der Waals surface area contributed by atoms with Gasteiger partial charge in [-0.3, -0.25) is 4.79 Å². The zero-order valence-corrected chi connectivity index (χ0v) is 20.3. The molecule has 0 aliphatic rings. The van der Waals surface area contributed by atoms with E-state index in [0.717, 1.165) is 35.8 Å². The maximum absolute atomic E-state index is 12.5. The summed E-state index contributed by atoms with van der Waals surface area (Å²) in [6.07, 6.45) is 7.81. The van der Waals surface area contributed by atoms with Gasteiger partial charge in [0.25, 0.3) is 0 Å². The van der Waals surface area contributed by atoms with Crippen LogP contribution < -0.4 is 14.8 Å². The van der Waals surface area contributed by atoms with Gasteiger partial charge in [0.15, 0.2) is 16.7 Å². The molecule has 1 amide bonds. The van der Waals surface area contributed by atoms with Crippen molar-refractivity contribution in [2.45, 2.75) is 69.2 Å². The summed E-state index contributed by atoms with van der Waals surface area (Å²) >= 11 is 1.44. The van der Waals surface area contributed by atoms with Crippen molar-refractivity contribution in [1.82, 2.24) is 20.1 Å². The number of thioether (sulfide) groups is 1. The molecule has 0 aliphatic carbocycles. The first-order chi connectivity index (χ1) is 15.0. The monoisotopic (exact) mass is 448 g/mol. The number of ether oxygens (including phenoxy) is 2. The van der Waals surface area contributed by atoms with Crippen molar-refractivity contribution in [3.8, 4) is 11.5 Å². The van der Waals surface area contributed by atoms with E-state index in [-0.39, 0.29) is 11.2 Å². The van der Waals surface area contributed by atoms with Crippen LogP contribution in [0.4, 0.5) is 0 Å². The number of hydrogen-bond donors (Lipinski definition) is 1. The lowest BCUT2D eigenvalue weighted by Crippen LogP contribution is -2.32. The minimum Gasteiger partial charge on any atom is -0.493 e. The van der Waals surface area contributed by atoms with Crippen LogP contribution in [0.25, 0.3) is 0 Å². The van der Waals surface area contributed by atoms with Gasteiger partial charge in [0.05, 0.1) is 19.5 Å². The zero-order chi connectivity index (χ0) is 22.6. The van der Waals surface area contributed by atoms with E-state index in [1.54, 1.807) is 14.2 Å². The number of amides is 1. The molecule has 1 aromatic heterocycles. The normalized spacial score (nSPS) is 11.9. The summed E-state index contributed by atoms with van der Waals surface area (Å²) in [5.41, 5.74) is 1.08. The van der Waals surface area contributed by atoms with Crippen molar-refractivity contribution >= 4 is 17.7 Å². The molecule has 2 aromatic rings. The highest BCUT2D eigenvalue weighted by atomic mass is 32.2. The Labute approximate surface area is 190 Å². The van der Waals surface area contributed by atoms with Crippen LogP contribution in [0.15, 0.2) is 23.4 Å². The molecule has 0 spiro atoms. The van der Waals surface area contributed by atoms with Gasteiger partial charge in [-0.2, -0.15) is 0 Å². The zero-order valence-electron chi connectivity index (χ0n) is 19.4. The van der Waals surface area contributed by atoms with Gasteiger partial charge in [-0.25, -0.2) is 0 Å². The fourth-order valence-electron chi connectivity index (χ4n) is 3.27. The molecule has 7 nitrogen and oxygen atoms in total. The second-order valence-corrected chi connectivity index (χ2v) is 8.92. The number of aromatic nitrogens is 3. The molecular weight excluding hydrogens is 412 g/mol. The molecule has 0 radical (unpaired) electrons. The van der Waals surface area contributed by atoms with E-state index in [4.69, 9.17) is 9.47 Å². The van der Waals surface area contributed by atoms with Crippen LogP contribution in [0.1, 0.15) is 57.3 Å².